The van der Waals surface area contributed by atoms with Crippen molar-refractivity contribution in [1.29, 1.82) is 0 Å². The number of carbonyl (C=O) groups is 2. The summed E-state index contributed by atoms with van der Waals surface area (Å²) in [6.45, 7) is 2.11. The molecule has 1 aromatic heterocycles. The van der Waals surface area contributed by atoms with Gasteiger partial charge in [-0.05, 0) is 84.5 Å². The lowest BCUT2D eigenvalue weighted by Crippen LogP contribution is -2.29. The molecule has 1 saturated heterocycles. The van der Waals surface area contributed by atoms with Crippen LogP contribution >= 0.6 is 0 Å². The molecule has 0 atom stereocenters. The van der Waals surface area contributed by atoms with Crippen molar-refractivity contribution in [2.45, 2.75) is 19.3 Å². The first-order chi connectivity index (χ1) is 20.1. The Balaban J connectivity index is 1.30. The lowest BCUT2D eigenvalue weighted by atomic mass is 10.1. The molecule has 0 aliphatic carbocycles. The number of hydrogen-bond donors (Lipinski definition) is 1. The van der Waals surface area contributed by atoms with Gasteiger partial charge in [0, 0.05) is 51.8 Å². The number of nitrogens with zero attached hydrogens (tertiary/aromatic N) is 6. The van der Waals surface area contributed by atoms with Crippen LogP contribution in [0.2, 0.25) is 0 Å². The fraction of sp³-hybridized carbons (Fsp3) is 0.156. The van der Waals surface area contributed by atoms with E-state index >= 15 is 0 Å². The summed E-state index contributed by atoms with van der Waals surface area (Å²) >= 11 is 0. The quantitative estimate of drug-likeness (QED) is 0.137. The predicted octanol–water partition coefficient (Wildman–Crippen LogP) is 7.39. The van der Waals surface area contributed by atoms with E-state index in [2.05, 4.69) is 20.2 Å². The Morgan fingerprint density at radius 2 is 1.51 bits per heavy atom. The van der Waals surface area contributed by atoms with Crippen LogP contribution in [0.15, 0.2) is 102 Å². The van der Waals surface area contributed by atoms with E-state index in [4.69, 9.17) is 10.5 Å². The number of hydrogen-bond acceptors (Lipinski definition) is 4. The number of amides is 2. The third kappa shape index (κ3) is 5.39. The smallest absolute Gasteiger partial charge is 0.255 e. The Bertz CT molecular complexity index is 1770. The number of piperidine rings is 1. The Labute approximate surface area is 236 Å². The number of fused-ring (bicyclic) bond motifs is 1. The number of carbonyl (C=O) groups excluding carboxylic acids is 2. The average molecular weight is 542 g/mol. The van der Waals surface area contributed by atoms with Gasteiger partial charge in [-0.3, -0.25) is 14.2 Å². The lowest BCUT2D eigenvalue weighted by molar-refractivity contribution is 0.0997. The molecule has 1 N–H and O–H groups in total. The summed E-state index contributed by atoms with van der Waals surface area (Å²) < 4.78 is 2.03. The van der Waals surface area contributed by atoms with Crippen LogP contribution in [-0.2, 0) is 0 Å². The van der Waals surface area contributed by atoms with Crippen LogP contribution in [0.1, 0.15) is 40.0 Å². The second kappa shape index (κ2) is 11.4. The van der Waals surface area contributed by atoms with E-state index in [9.17, 15) is 9.59 Å². The molecule has 1 aliphatic rings. The van der Waals surface area contributed by atoms with Gasteiger partial charge in [0.1, 0.15) is 5.82 Å². The first kappa shape index (κ1) is 25.9. The maximum Gasteiger partial charge on any atom is 0.255 e. The minimum atomic E-state index is -0.642. The van der Waals surface area contributed by atoms with Crippen molar-refractivity contribution >= 4 is 34.2 Å². The van der Waals surface area contributed by atoms with Gasteiger partial charge < -0.3 is 10.2 Å². The first-order valence-corrected chi connectivity index (χ1v) is 13.5. The molecular formula is C32H27N7O2. The highest BCUT2D eigenvalue weighted by molar-refractivity contribution is 6.05. The summed E-state index contributed by atoms with van der Waals surface area (Å²) in [7, 11) is 0. The van der Waals surface area contributed by atoms with Crippen LogP contribution in [0.4, 0.5) is 11.4 Å². The van der Waals surface area contributed by atoms with Gasteiger partial charge in [0.15, 0.2) is 0 Å². The van der Waals surface area contributed by atoms with Crippen LogP contribution in [0, 0.1) is 0 Å². The molecule has 0 radical (unpaired) electrons. The van der Waals surface area contributed by atoms with Crippen molar-refractivity contribution in [2.24, 2.45) is 5.11 Å². The van der Waals surface area contributed by atoms with E-state index < -0.39 is 5.91 Å². The summed E-state index contributed by atoms with van der Waals surface area (Å²) in [5, 5.41) is 6.17. The summed E-state index contributed by atoms with van der Waals surface area (Å²) in [5.41, 5.74) is 14.5. The molecule has 2 heterocycles. The highest BCUT2D eigenvalue weighted by atomic mass is 16.2. The third-order valence-electron chi connectivity index (χ3n) is 7.30. The summed E-state index contributed by atoms with van der Waals surface area (Å²) in [4.78, 5) is 34.9. The van der Waals surface area contributed by atoms with Crippen molar-refractivity contribution in [3.8, 4) is 17.1 Å². The fourth-order valence-corrected chi connectivity index (χ4v) is 5.23. The zero-order valence-corrected chi connectivity index (χ0v) is 22.3. The van der Waals surface area contributed by atoms with Gasteiger partial charge >= 0.3 is 0 Å². The minimum absolute atomic E-state index is 0.183. The third-order valence-corrected chi connectivity index (χ3v) is 7.30. The number of azide groups is 1. The fourth-order valence-electron chi connectivity index (χ4n) is 5.23. The molecule has 9 nitrogen and oxygen atoms in total. The molecule has 9 heteroatoms. The van der Waals surface area contributed by atoms with Gasteiger partial charge in [-0.2, -0.15) is 0 Å². The molecule has 0 saturated carbocycles. The molecule has 0 spiro atoms. The maximum atomic E-state index is 13.1. The van der Waals surface area contributed by atoms with E-state index in [0.29, 0.717) is 28.2 Å². The number of benzene rings is 4. The highest BCUT2D eigenvalue weighted by Crippen LogP contribution is 2.31. The van der Waals surface area contributed by atoms with Crippen molar-refractivity contribution in [3.05, 3.63) is 119 Å². The standard InChI is InChI=1S/C32H27N7O2/c33-37-36-32(41)24-11-9-22(10-12-24)30-35-28-21-25(15-18-29(28)39(30)27-7-3-1-4-8-27)34-31(40)23-13-16-26(17-14-23)38-19-5-2-6-20-38/h1,3-4,7-18,21H,2,5-6,19-20H2,(H,34,40). The molecular weight excluding hydrogens is 514 g/mol. The second-order valence-corrected chi connectivity index (χ2v) is 9.93. The number of imidazole rings is 1. The van der Waals surface area contributed by atoms with Gasteiger partial charge in [0.2, 0.25) is 5.91 Å². The molecule has 0 unspecified atom stereocenters. The van der Waals surface area contributed by atoms with Gasteiger partial charge in [0.25, 0.3) is 5.91 Å². The molecule has 1 aliphatic heterocycles. The Morgan fingerprint density at radius 3 is 2.22 bits per heavy atom. The maximum absolute atomic E-state index is 13.1. The van der Waals surface area contributed by atoms with Crippen molar-refractivity contribution in [3.63, 3.8) is 0 Å². The van der Waals surface area contributed by atoms with E-state index in [1.807, 2.05) is 77.4 Å². The molecule has 0 bridgehead atoms. The zero-order valence-electron chi connectivity index (χ0n) is 22.3. The second-order valence-electron chi connectivity index (χ2n) is 9.93. The van der Waals surface area contributed by atoms with Gasteiger partial charge in [0.05, 0.1) is 11.0 Å². The van der Waals surface area contributed by atoms with Crippen LogP contribution < -0.4 is 10.2 Å². The number of anilines is 2. The predicted molar refractivity (Wildman–Crippen MR) is 160 cm³/mol. The molecule has 5 aromatic rings. The molecule has 41 heavy (non-hydrogen) atoms. The summed E-state index contributed by atoms with van der Waals surface area (Å²) in [6, 6.07) is 30.1. The van der Waals surface area contributed by atoms with Crippen LogP contribution in [-0.4, -0.2) is 34.5 Å². The van der Waals surface area contributed by atoms with E-state index in [-0.39, 0.29) is 5.91 Å². The number of nitrogens with one attached hydrogen (secondary N) is 1. The molecule has 2 amide bonds. The summed E-state index contributed by atoms with van der Waals surface area (Å²) in [5.74, 6) is -0.152. The van der Waals surface area contributed by atoms with E-state index in [1.54, 1.807) is 24.3 Å². The van der Waals surface area contributed by atoms with E-state index in [1.165, 1.54) is 19.3 Å². The van der Waals surface area contributed by atoms with Gasteiger partial charge in [-0.1, -0.05) is 42.5 Å². The zero-order chi connectivity index (χ0) is 28.2. The molecule has 202 valence electrons. The Kier molecular flexibility index (Phi) is 7.17. The number of para-hydroxylation sites is 1. The summed E-state index contributed by atoms with van der Waals surface area (Å²) in [6.07, 6.45) is 3.68. The van der Waals surface area contributed by atoms with Crippen LogP contribution in [0.25, 0.3) is 38.6 Å². The first-order valence-electron chi connectivity index (χ1n) is 13.5. The number of rotatable bonds is 6. The molecule has 6 rings (SSSR count). The monoisotopic (exact) mass is 541 g/mol. The average Bonchev–Trinajstić information content (AvgIpc) is 3.41. The topological polar surface area (TPSA) is 116 Å². The van der Waals surface area contributed by atoms with Crippen molar-refractivity contribution < 1.29 is 9.59 Å². The highest BCUT2D eigenvalue weighted by Gasteiger charge is 2.17. The minimum Gasteiger partial charge on any atom is -0.372 e. The molecule has 4 aromatic carbocycles. The Hall–Kier alpha value is -5.40. The van der Waals surface area contributed by atoms with Crippen LogP contribution in [0.5, 0.6) is 0 Å². The molecule has 1 fully saturated rings. The number of aromatic nitrogens is 2. The normalized spacial score (nSPS) is 13.0. The largest absolute Gasteiger partial charge is 0.372 e. The van der Waals surface area contributed by atoms with E-state index in [0.717, 1.165) is 35.5 Å². The van der Waals surface area contributed by atoms with Crippen LogP contribution in [0.3, 0.4) is 0 Å². The lowest BCUT2D eigenvalue weighted by Gasteiger charge is -2.28. The van der Waals surface area contributed by atoms with Gasteiger partial charge in [-0.15, -0.1) is 0 Å². The van der Waals surface area contributed by atoms with Crippen molar-refractivity contribution in [1.82, 2.24) is 9.55 Å². The Morgan fingerprint density at radius 1 is 0.805 bits per heavy atom. The van der Waals surface area contributed by atoms with Crippen molar-refractivity contribution in [2.75, 3.05) is 23.3 Å². The SMILES string of the molecule is [N-]=[N+]=NC(=O)c1ccc(-c2nc3cc(NC(=O)c4ccc(N5CCCCC5)cc4)ccc3n2-c2ccccc2)cc1. The van der Waals surface area contributed by atoms with Gasteiger partial charge in [-0.25, -0.2) is 4.98 Å².